The summed E-state index contributed by atoms with van der Waals surface area (Å²) in [7, 11) is 1.60. The molecule has 2 aromatic carbocycles. The van der Waals surface area contributed by atoms with Crippen LogP contribution in [0.25, 0.3) is 0 Å². The normalized spacial score (nSPS) is 16.4. The first-order chi connectivity index (χ1) is 16.5. The topological polar surface area (TPSA) is 72.0 Å². The number of carbonyl (C=O) groups is 2. The Morgan fingerprint density at radius 3 is 2.68 bits per heavy atom. The molecule has 1 aliphatic heterocycles. The van der Waals surface area contributed by atoms with Gasteiger partial charge in [0.2, 0.25) is 11.8 Å². The lowest BCUT2D eigenvalue weighted by Crippen LogP contribution is -2.40. The van der Waals surface area contributed by atoms with Crippen molar-refractivity contribution in [3.05, 3.63) is 82.1 Å². The maximum atomic E-state index is 14.1. The van der Waals surface area contributed by atoms with Gasteiger partial charge in [-0.3, -0.25) is 9.59 Å². The first-order valence-electron chi connectivity index (χ1n) is 10.9. The third-order valence-corrected chi connectivity index (χ3v) is 6.30. The van der Waals surface area contributed by atoms with Crippen LogP contribution in [-0.4, -0.2) is 59.4 Å². The minimum atomic E-state index is -0.469. The van der Waals surface area contributed by atoms with E-state index in [0.29, 0.717) is 24.3 Å². The molecule has 9 heteroatoms. The first kappa shape index (κ1) is 23.8. The second-order valence-corrected chi connectivity index (χ2v) is 8.80. The molecule has 34 heavy (non-hydrogen) atoms. The fraction of sp³-hybridized carbons (Fsp3) is 0.320. The predicted molar refractivity (Wildman–Crippen MR) is 126 cm³/mol. The Morgan fingerprint density at radius 2 is 1.97 bits per heavy atom. The van der Waals surface area contributed by atoms with Gasteiger partial charge in [0, 0.05) is 30.6 Å². The van der Waals surface area contributed by atoms with Crippen LogP contribution in [0.3, 0.4) is 0 Å². The maximum absolute atomic E-state index is 14.1. The van der Waals surface area contributed by atoms with Gasteiger partial charge in [-0.2, -0.15) is 0 Å². The number of hydrogen-bond donors (Lipinski definition) is 0. The van der Waals surface area contributed by atoms with Gasteiger partial charge in [0.05, 0.1) is 44.0 Å². The van der Waals surface area contributed by atoms with Crippen LogP contribution in [0.15, 0.2) is 59.4 Å². The third kappa shape index (κ3) is 6.18. The summed E-state index contributed by atoms with van der Waals surface area (Å²) in [6.45, 7) is 0.910. The number of methoxy groups -OCH3 is 1. The molecule has 0 saturated carbocycles. The Labute approximate surface area is 201 Å². The summed E-state index contributed by atoms with van der Waals surface area (Å²) < 4.78 is 25.3. The molecule has 0 N–H and O–H groups in total. The number of halogens is 1. The van der Waals surface area contributed by atoms with E-state index in [9.17, 15) is 14.0 Å². The number of hydrogen-bond acceptors (Lipinski definition) is 6. The molecule has 1 aliphatic rings. The molecule has 3 aromatic rings. The van der Waals surface area contributed by atoms with Crippen molar-refractivity contribution in [1.29, 1.82) is 0 Å². The van der Waals surface area contributed by atoms with Crippen molar-refractivity contribution >= 4 is 23.2 Å². The van der Waals surface area contributed by atoms with Gasteiger partial charge >= 0.3 is 0 Å². The van der Waals surface area contributed by atoms with Crippen molar-refractivity contribution in [1.82, 2.24) is 14.8 Å². The fourth-order valence-electron chi connectivity index (χ4n) is 3.79. The number of benzene rings is 2. The lowest BCUT2D eigenvalue weighted by molar-refractivity contribution is -0.138. The molecule has 7 nitrogen and oxygen atoms in total. The largest absolute Gasteiger partial charge is 0.497 e. The zero-order valence-corrected chi connectivity index (χ0v) is 19.7. The minimum absolute atomic E-state index is 0.0430. The minimum Gasteiger partial charge on any atom is -0.497 e. The summed E-state index contributed by atoms with van der Waals surface area (Å²) in [5, 5.41) is 1.82. The van der Waals surface area contributed by atoms with E-state index in [1.165, 1.54) is 22.3 Å². The molecule has 2 heterocycles. The van der Waals surface area contributed by atoms with Crippen LogP contribution in [-0.2, 0) is 33.9 Å². The van der Waals surface area contributed by atoms with E-state index < -0.39 is 6.10 Å². The van der Waals surface area contributed by atoms with Crippen LogP contribution in [0.4, 0.5) is 4.39 Å². The third-order valence-electron chi connectivity index (χ3n) is 5.66. The van der Waals surface area contributed by atoms with Crippen molar-refractivity contribution < 1.29 is 23.5 Å². The Morgan fingerprint density at radius 1 is 1.18 bits per heavy atom. The second-order valence-electron chi connectivity index (χ2n) is 8.08. The van der Waals surface area contributed by atoms with Gasteiger partial charge in [-0.15, -0.1) is 11.3 Å². The smallest absolute Gasteiger partial charge is 0.242 e. The standard InChI is InChI=1S/C25H26FN3O4S/c1-32-21-8-6-18(7-9-21)11-28-12-22(33-15-19-4-2-3-5-23(19)26)13-29(14-25(28)31)24(30)10-20-16-34-17-27-20/h2-9,16-17,22H,10-15H2,1H3/t22-/m0/s1. The lowest BCUT2D eigenvalue weighted by Gasteiger charge is -2.25. The number of nitrogens with zero attached hydrogens (tertiary/aromatic N) is 3. The van der Waals surface area contributed by atoms with E-state index in [1.807, 2.05) is 29.6 Å². The highest BCUT2D eigenvalue weighted by Gasteiger charge is 2.31. The molecule has 178 valence electrons. The van der Waals surface area contributed by atoms with E-state index in [0.717, 1.165) is 11.3 Å². The van der Waals surface area contributed by atoms with Gasteiger partial charge in [-0.1, -0.05) is 30.3 Å². The SMILES string of the molecule is COc1ccc(CN2C[C@H](OCc3ccccc3F)CN(C(=O)Cc3cscn3)CC2=O)cc1. The average Bonchev–Trinajstić information content (AvgIpc) is 3.30. The summed E-state index contributed by atoms with van der Waals surface area (Å²) in [4.78, 5) is 33.5. The van der Waals surface area contributed by atoms with Gasteiger partial charge in [0.15, 0.2) is 0 Å². The van der Waals surface area contributed by atoms with Crippen molar-refractivity contribution in [3.8, 4) is 5.75 Å². The molecule has 0 aliphatic carbocycles. The van der Waals surface area contributed by atoms with E-state index in [2.05, 4.69) is 4.98 Å². The van der Waals surface area contributed by atoms with Crippen LogP contribution in [0.5, 0.6) is 5.75 Å². The Balaban J connectivity index is 1.50. The zero-order chi connectivity index (χ0) is 23.9. The number of aromatic nitrogens is 1. The van der Waals surface area contributed by atoms with Crippen molar-refractivity contribution in [2.45, 2.75) is 25.7 Å². The first-order valence-corrected chi connectivity index (χ1v) is 11.9. The average molecular weight is 484 g/mol. The number of ether oxygens (including phenoxy) is 2. The highest BCUT2D eigenvalue weighted by atomic mass is 32.1. The molecule has 0 bridgehead atoms. The molecule has 4 rings (SSSR count). The zero-order valence-electron chi connectivity index (χ0n) is 18.9. The quantitative estimate of drug-likeness (QED) is 0.492. The summed E-state index contributed by atoms with van der Waals surface area (Å²) in [6.07, 6.45) is -0.348. The maximum Gasteiger partial charge on any atom is 0.242 e. The molecule has 0 unspecified atom stereocenters. The van der Waals surface area contributed by atoms with Crippen LogP contribution in [0, 0.1) is 5.82 Å². The van der Waals surface area contributed by atoms with Crippen LogP contribution >= 0.6 is 11.3 Å². The summed E-state index contributed by atoms with van der Waals surface area (Å²) in [5.74, 6) is 0.0269. The van der Waals surface area contributed by atoms with Crippen LogP contribution in [0.1, 0.15) is 16.8 Å². The lowest BCUT2D eigenvalue weighted by atomic mass is 10.2. The van der Waals surface area contributed by atoms with Gasteiger partial charge in [-0.25, -0.2) is 9.37 Å². The highest BCUT2D eigenvalue weighted by molar-refractivity contribution is 7.07. The number of amides is 2. The molecule has 1 atom stereocenters. The number of carbonyl (C=O) groups excluding carboxylic acids is 2. The highest BCUT2D eigenvalue weighted by Crippen LogP contribution is 2.18. The van der Waals surface area contributed by atoms with Gasteiger partial charge in [0.1, 0.15) is 11.6 Å². The van der Waals surface area contributed by atoms with Crippen LogP contribution < -0.4 is 4.74 Å². The summed E-state index contributed by atoms with van der Waals surface area (Å²) in [6, 6.07) is 13.9. The molecule has 2 amide bonds. The number of thiazole rings is 1. The van der Waals surface area contributed by atoms with Crippen molar-refractivity contribution in [2.75, 3.05) is 26.7 Å². The van der Waals surface area contributed by atoms with Crippen LogP contribution in [0.2, 0.25) is 0 Å². The van der Waals surface area contributed by atoms with Gasteiger partial charge < -0.3 is 19.3 Å². The molecule has 1 fully saturated rings. The van der Waals surface area contributed by atoms with E-state index >= 15 is 0 Å². The Bertz CT molecular complexity index is 1110. The molecule has 1 saturated heterocycles. The summed E-state index contributed by atoms with van der Waals surface area (Å²) in [5.41, 5.74) is 3.71. The molecule has 1 aromatic heterocycles. The molecule has 0 spiro atoms. The van der Waals surface area contributed by atoms with Crippen molar-refractivity contribution in [3.63, 3.8) is 0 Å². The molecular weight excluding hydrogens is 457 g/mol. The fourth-order valence-corrected chi connectivity index (χ4v) is 4.35. The Kier molecular flexibility index (Phi) is 7.87. The summed E-state index contributed by atoms with van der Waals surface area (Å²) >= 11 is 1.42. The van der Waals surface area contributed by atoms with Gasteiger partial charge in [-0.05, 0) is 23.8 Å². The predicted octanol–water partition coefficient (Wildman–Crippen LogP) is 3.29. The Hall–Kier alpha value is -3.30. The monoisotopic (exact) mass is 483 g/mol. The van der Waals surface area contributed by atoms with E-state index in [-0.39, 0.29) is 43.7 Å². The van der Waals surface area contributed by atoms with Crippen molar-refractivity contribution in [2.24, 2.45) is 0 Å². The van der Waals surface area contributed by atoms with Gasteiger partial charge in [0.25, 0.3) is 0 Å². The second kappa shape index (κ2) is 11.2. The molecule has 0 radical (unpaired) electrons. The van der Waals surface area contributed by atoms with E-state index in [4.69, 9.17) is 9.47 Å². The molecular formula is C25H26FN3O4S. The number of rotatable bonds is 8. The van der Waals surface area contributed by atoms with E-state index in [1.54, 1.807) is 35.7 Å².